The molecule has 118 valence electrons. The smallest absolute Gasteiger partial charge is 0.310 e. The molecule has 7 heteroatoms. The lowest BCUT2D eigenvalue weighted by Gasteiger charge is -2.10. The predicted octanol–water partition coefficient (Wildman–Crippen LogP) is 1.14. The van der Waals surface area contributed by atoms with Crippen molar-refractivity contribution in [2.24, 2.45) is 0 Å². The Kier molecular flexibility index (Phi) is 8.34. The summed E-state index contributed by atoms with van der Waals surface area (Å²) >= 11 is 0. The summed E-state index contributed by atoms with van der Waals surface area (Å²) in [6.45, 7) is 3.97. The molecule has 1 N–H and O–H groups in total. The number of benzene rings is 1. The highest BCUT2D eigenvalue weighted by atomic mass is 16.6. The number of likely N-dealkylation sites (N-methyl/N-ethyl adjacent to an activating group) is 1. The minimum absolute atomic E-state index is 0.0251. The Bertz CT molecular complexity index is 426. The SMILES string of the molecule is CN(C)CCNCCOCCOc1ccccc1[N+](=O)[O-]. The second kappa shape index (κ2) is 10.1. The van der Waals surface area contributed by atoms with Crippen molar-refractivity contribution in [3.63, 3.8) is 0 Å². The van der Waals surface area contributed by atoms with Gasteiger partial charge in [0.1, 0.15) is 6.61 Å². The number of nitrogens with one attached hydrogen (secondary N) is 1. The van der Waals surface area contributed by atoms with Crippen LogP contribution in [0.15, 0.2) is 24.3 Å². The maximum absolute atomic E-state index is 10.8. The average molecular weight is 297 g/mol. The number of hydrogen-bond acceptors (Lipinski definition) is 6. The van der Waals surface area contributed by atoms with Gasteiger partial charge in [0.2, 0.25) is 0 Å². The van der Waals surface area contributed by atoms with Crippen LogP contribution in [0, 0.1) is 10.1 Å². The minimum Gasteiger partial charge on any atom is -0.484 e. The van der Waals surface area contributed by atoms with Crippen LogP contribution < -0.4 is 10.1 Å². The van der Waals surface area contributed by atoms with Gasteiger partial charge in [-0.1, -0.05) is 12.1 Å². The van der Waals surface area contributed by atoms with Crippen molar-refractivity contribution in [3.8, 4) is 5.75 Å². The lowest BCUT2D eigenvalue weighted by Crippen LogP contribution is -2.29. The van der Waals surface area contributed by atoms with Gasteiger partial charge >= 0.3 is 5.69 Å². The molecule has 0 heterocycles. The third-order valence-corrected chi connectivity index (χ3v) is 2.71. The monoisotopic (exact) mass is 297 g/mol. The molecule has 0 saturated heterocycles. The van der Waals surface area contributed by atoms with Crippen LogP contribution >= 0.6 is 0 Å². The summed E-state index contributed by atoms with van der Waals surface area (Å²) in [4.78, 5) is 12.4. The first-order valence-electron chi connectivity index (χ1n) is 6.90. The quantitative estimate of drug-likeness (QED) is 0.375. The molecule has 0 spiro atoms. The van der Waals surface area contributed by atoms with E-state index in [0.717, 1.165) is 19.6 Å². The maximum Gasteiger partial charge on any atom is 0.310 e. The fraction of sp³-hybridized carbons (Fsp3) is 0.571. The normalized spacial score (nSPS) is 10.8. The van der Waals surface area contributed by atoms with Crippen LogP contribution in [0.2, 0.25) is 0 Å². The third-order valence-electron chi connectivity index (χ3n) is 2.71. The molecule has 21 heavy (non-hydrogen) atoms. The van der Waals surface area contributed by atoms with Crippen LogP contribution in [0.4, 0.5) is 5.69 Å². The summed E-state index contributed by atoms with van der Waals surface area (Å²) in [5, 5.41) is 14.0. The molecule has 1 aromatic rings. The Labute approximate surface area is 125 Å². The molecule has 0 aliphatic carbocycles. The highest BCUT2D eigenvalue weighted by Gasteiger charge is 2.12. The van der Waals surface area contributed by atoms with Gasteiger partial charge in [-0.05, 0) is 20.2 Å². The second-order valence-corrected chi connectivity index (χ2v) is 4.74. The van der Waals surface area contributed by atoms with Crippen LogP contribution in [0.1, 0.15) is 0 Å². The lowest BCUT2D eigenvalue weighted by molar-refractivity contribution is -0.385. The standard InChI is InChI=1S/C14H23N3O4/c1-16(2)9-7-15-8-10-20-11-12-21-14-6-4-3-5-13(14)17(18)19/h3-6,15H,7-12H2,1-2H3. The molecule has 0 bridgehead atoms. The predicted molar refractivity (Wildman–Crippen MR) is 80.8 cm³/mol. The summed E-state index contributed by atoms with van der Waals surface area (Å²) in [5.74, 6) is 0.273. The van der Waals surface area contributed by atoms with E-state index in [-0.39, 0.29) is 11.4 Å². The molecule has 1 aromatic carbocycles. The van der Waals surface area contributed by atoms with E-state index in [1.54, 1.807) is 18.2 Å². The van der Waals surface area contributed by atoms with Gasteiger partial charge in [-0.25, -0.2) is 0 Å². The van der Waals surface area contributed by atoms with Crippen molar-refractivity contribution in [2.75, 3.05) is 53.6 Å². The lowest BCUT2D eigenvalue weighted by atomic mass is 10.3. The summed E-state index contributed by atoms with van der Waals surface area (Å²) in [6, 6.07) is 6.32. The van der Waals surface area contributed by atoms with Crippen LogP contribution in [0.25, 0.3) is 0 Å². The molecule has 0 unspecified atom stereocenters. The van der Waals surface area contributed by atoms with Crippen molar-refractivity contribution in [1.29, 1.82) is 0 Å². The molecule has 0 atom stereocenters. The Morgan fingerprint density at radius 1 is 1.19 bits per heavy atom. The zero-order chi connectivity index (χ0) is 15.5. The number of ether oxygens (including phenoxy) is 2. The molecular formula is C14H23N3O4. The first-order chi connectivity index (χ1) is 10.1. The van der Waals surface area contributed by atoms with Crippen molar-refractivity contribution >= 4 is 5.69 Å². The summed E-state index contributed by atoms with van der Waals surface area (Å²) in [7, 11) is 4.05. The number of nitro benzene ring substituents is 1. The molecule has 0 radical (unpaired) electrons. The van der Waals surface area contributed by atoms with Crippen LogP contribution in [0.3, 0.4) is 0 Å². The molecule has 0 aliphatic heterocycles. The Morgan fingerprint density at radius 3 is 2.67 bits per heavy atom. The molecule has 0 saturated carbocycles. The molecule has 0 aliphatic rings. The van der Waals surface area contributed by atoms with E-state index in [1.165, 1.54) is 6.07 Å². The first-order valence-corrected chi connectivity index (χ1v) is 6.90. The molecular weight excluding hydrogens is 274 g/mol. The number of rotatable bonds is 11. The van der Waals surface area contributed by atoms with E-state index in [9.17, 15) is 10.1 Å². The zero-order valence-electron chi connectivity index (χ0n) is 12.6. The molecule has 1 rings (SSSR count). The summed E-state index contributed by atoms with van der Waals surface area (Å²) < 4.78 is 10.8. The molecule has 0 fully saturated rings. The van der Waals surface area contributed by atoms with Gasteiger partial charge in [0, 0.05) is 25.7 Å². The van der Waals surface area contributed by atoms with Gasteiger partial charge in [0.05, 0.1) is 18.1 Å². The zero-order valence-corrected chi connectivity index (χ0v) is 12.6. The van der Waals surface area contributed by atoms with Crippen molar-refractivity contribution in [1.82, 2.24) is 10.2 Å². The number of para-hydroxylation sites is 2. The average Bonchev–Trinajstić information content (AvgIpc) is 2.45. The van der Waals surface area contributed by atoms with Gasteiger partial charge in [-0.2, -0.15) is 0 Å². The van der Waals surface area contributed by atoms with Crippen LogP contribution in [0.5, 0.6) is 5.75 Å². The fourth-order valence-electron chi connectivity index (χ4n) is 1.61. The largest absolute Gasteiger partial charge is 0.484 e. The fourth-order valence-corrected chi connectivity index (χ4v) is 1.61. The molecule has 0 aromatic heterocycles. The number of hydrogen-bond donors (Lipinski definition) is 1. The van der Waals surface area contributed by atoms with Crippen molar-refractivity contribution in [2.45, 2.75) is 0 Å². The number of nitro groups is 1. The van der Waals surface area contributed by atoms with E-state index in [4.69, 9.17) is 9.47 Å². The molecule has 0 amide bonds. The number of nitrogens with zero attached hydrogens (tertiary/aromatic N) is 2. The van der Waals surface area contributed by atoms with Crippen molar-refractivity contribution in [3.05, 3.63) is 34.4 Å². The Morgan fingerprint density at radius 2 is 1.95 bits per heavy atom. The summed E-state index contributed by atoms with van der Waals surface area (Å²) in [5.41, 5.74) is -0.0251. The maximum atomic E-state index is 10.8. The van der Waals surface area contributed by atoms with Gasteiger partial charge in [-0.15, -0.1) is 0 Å². The van der Waals surface area contributed by atoms with E-state index >= 15 is 0 Å². The highest BCUT2D eigenvalue weighted by molar-refractivity contribution is 5.45. The van der Waals surface area contributed by atoms with Crippen LogP contribution in [-0.4, -0.2) is 63.4 Å². The summed E-state index contributed by atoms with van der Waals surface area (Å²) in [6.07, 6.45) is 0. The van der Waals surface area contributed by atoms with Crippen molar-refractivity contribution < 1.29 is 14.4 Å². The highest BCUT2D eigenvalue weighted by Crippen LogP contribution is 2.25. The van der Waals surface area contributed by atoms with Gasteiger partial charge in [0.25, 0.3) is 0 Å². The van der Waals surface area contributed by atoms with E-state index in [2.05, 4.69) is 10.2 Å². The van der Waals surface area contributed by atoms with E-state index in [1.807, 2.05) is 14.1 Å². The molecule has 7 nitrogen and oxygen atoms in total. The van der Waals surface area contributed by atoms with Gasteiger partial charge in [0.15, 0.2) is 5.75 Å². The second-order valence-electron chi connectivity index (χ2n) is 4.74. The Hall–Kier alpha value is -1.70. The van der Waals surface area contributed by atoms with Crippen LogP contribution in [-0.2, 0) is 4.74 Å². The van der Waals surface area contributed by atoms with E-state index < -0.39 is 4.92 Å². The minimum atomic E-state index is -0.454. The van der Waals surface area contributed by atoms with E-state index in [0.29, 0.717) is 19.8 Å². The Balaban J connectivity index is 2.08. The third kappa shape index (κ3) is 7.60. The first kappa shape index (κ1) is 17.4. The topological polar surface area (TPSA) is 76.9 Å². The van der Waals surface area contributed by atoms with Gasteiger partial charge < -0.3 is 19.7 Å². The van der Waals surface area contributed by atoms with Gasteiger partial charge in [-0.3, -0.25) is 10.1 Å².